The fraction of sp³-hybridized carbons (Fsp3) is 0.316. The third-order valence-electron chi connectivity index (χ3n) is 4.17. The van der Waals surface area contributed by atoms with Crippen molar-refractivity contribution >= 4 is 28.9 Å². The van der Waals surface area contributed by atoms with Crippen LogP contribution in [0.3, 0.4) is 0 Å². The number of primary amides is 1. The zero-order chi connectivity index (χ0) is 20.0. The summed E-state index contributed by atoms with van der Waals surface area (Å²) in [5, 5.41) is 18.3. The Morgan fingerprint density at radius 3 is 2.22 bits per heavy atom. The van der Waals surface area contributed by atoms with Crippen molar-refractivity contribution in [2.75, 3.05) is 38.3 Å². The van der Waals surface area contributed by atoms with Crippen LogP contribution >= 0.6 is 0 Å². The molecule has 0 saturated carbocycles. The van der Waals surface area contributed by atoms with Crippen molar-refractivity contribution in [3.8, 4) is 0 Å². The van der Waals surface area contributed by atoms with E-state index in [4.69, 9.17) is 15.9 Å². The molecule has 0 aliphatic heterocycles. The zero-order valence-electron chi connectivity index (χ0n) is 15.4. The lowest BCUT2D eigenvalue weighted by Crippen LogP contribution is -2.35. The molecule has 1 aliphatic rings. The number of hydrogen-bond donors (Lipinski definition) is 3. The number of amides is 2. The Morgan fingerprint density at radius 1 is 1.11 bits per heavy atom. The maximum atomic E-state index is 12.1. The Morgan fingerprint density at radius 2 is 1.70 bits per heavy atom. The van der Waals surface area contributed by atoms with E-state index in [1.54, 1.807) is 25.1 Å². The highest BCUT2D eigenvalue weighted by Crippen LogP contribution is 2.23. The number of aliphatic hydroxyl groups excluding tert-OH is 2. The number of likely N-dealkylation sites (N-methyl/N-ethyl adjacent to an activating group) is 1. The molecule has 0 atom stereocenters. The molecule has 0 bridgehead atoms. The summed E-state index contributed by atoms with van der Waals surface area (Å²) < 4.78 is 0. The van der Waals surface area contributed by atoms with Gasteiger partial charge in [-0.3, -0.25) is 9.69 Å². The average molecular weight is 372 g/mol. The number of nitrogens with zero attached hydrogens (tertiary/aromatic N) is 3. The summed E-state index contributed by atoms with van der Waals surface area (Å²) >= 11 is 0. The second kappa shape index (κ2) is 9.11. The number of carbonyl (C=O) groups is 2. The van der Waals surface area contributed by atoms with Crippen LogP contribution in [0.5, 0.6) is 0 Å². The van der Waals surface area contributed by atoms with E-state index in [0.717, 1.165) is 10.6 Å². The molecule has 1 aromatic carbocycles. The lowest BCUT2D eigenvalue weighted by atomic mass is 10.0. The SMILES string of the molecule is CC1=CC(=O)C(N(C)C(N)=O)=CC1=Nc1ccc(N(CCO)CCO)cc1. The molecule has 4 N–H and O–H groups in total. The highest BCUT2D eigenvalue weighted by Gasteiger charge is 2.22. The number of nitrogens with two attached hydrogens (primary N) is 1. The fourth-order valence-corrected chi connectivity index (χ4v) is 2.65. The molecule has 0 unspecified atom stereocenters. The summed E-state index contributed by atoms with van der Waals surface area (Å²) in [6.45, 7) is 2.59. The molecule has 0 spiro atoms. The summed E-state index contributed by atoms with van der Waals surface area (Å²) in [6, 6.07) is 6.58. The molecular formula is C19H24N4O4. The summed E-state index contributed by atoms with van der Waals surface area (Å²) in [7, 11) is 1.43. The van der Waals surface area contributed by atoms with Gasteiger partial charge in [0.1, 0.15) is 0 Å². The lowest BCUT2D eigenvalue weighted by Gasteiger charge is -2.23. The van der Waals surface area contributed by atoms with Crippen molar-refractivity contribution in [3.63, 3.8) is 0 Å². The molecular weight excluding hydrogens is 348 g/mol. The number of hydrogen-bond acceptors (Lipinski definition) is 6. The van der Waals surface area contributed by atoms with Gasteiger partial charge in [0.05, 0.1) is 30.3 Å². The second-order valence-corrected chi connectivity index (χ2v) is 6.07. The number of anilines is 1. The number of benzene rings is 1. The monoisotopic (exact) mass is 372 g/mol. The highest BCUT2D eigenvalue weighted by atomic mass is 16.3. The van der Waals surface area contributed by atoms with Crippen LogP contribution in [0.4, 0.5) is 16.2 Å². The number of rotatable bonds is 7. The third kappa shape index (κ3) is 5.02. The molecule has 0 saturated heterocycles. The zero-order valence-corrected chi connectivity index (χ0v) is 15.4. The Labute approximate surface area is 157 Å². The number of aliphatic hydroxyl groups is 2. The second-order valence-electron chi connectivity index (χ2n) is 6.07. The third-order valence-corrected chi connectivity index (χ3v) is 4.17. The number of carbonyl (C=O) groups excluding carboxylic acids is 2. The van der Waals surface area contributed by atoms with Crippen LogP contribution in [0.15, 0.2) is 52.7 Å². The number of ketones is 1. The Balaban J connectivity index is 2.29. The molecule has 8 nitrogen and oxygen atoms in total. The molecule has 1 aromatic rings. The van der Waals surface area contributed by atoms with Gasteiger partial charge in [-0.05, 0) is 48.9 Å². The van der Waals surface area contributed by atoms with E-state index in [0.29, 0.717) is 30.1 Å². The van der Waals surface area contributed by atoms with E-state index in [1.807, 2.05) is 17.0 Å². The van der Waals surface area contributed by atoms with Crippen molar-refractivity contribution in [2.45, 2.75) is 6.92 Å². The first-order valence-corrected chi connectivity index (χ1v) is 8.50. The van der Waals surface area contributed by atoms with Crippen LogP contribution in [0, 0.1) is 0 Å². The molecule has 0 radical (unpaired) electrons. The molecule has 27 heavy (non-hydrogen) atoms. The lowest BCUT2D eigenvalue weighted by molar-refractivity contribution is -0.112. The van der Waals surface area contributed by atoms with Gasteiger partial charge < -0.3 is 20.8 Å². The molecule has 144 valence electrons. The Bertz CT molecular complexity index is 790. The highest BCUT2D eigenvalue weighted by molar-refractivity contribution is 6.22. The van der Waals surface area contributed by atoms with Gasteiger partial charge in [-0.2, -0.15) is 0 Å². The maximum Gasteiger partial charge on any atom is 0.319 e. The summed E-state index contributed by atoms with van der Waals surface area (Å²) in [5.74, 6) is -0.299. The normalized spacial score (nSPS) is 15.4. The van der Waals surface area contributed by atoms with Gasteiger partial charge in [0, 0.05) is 25.8 Å². The first-order valence-electron chi connectivity index (χ1n) is 8.50. The maximum absolute atomic E-state index is 12.1. The number of urea groups is 1. The Hall–Kier alpha value is -2.97. The van der Waals surface area contributed by atoms with Gasteiger partial charge in [-0.25, -0.2) is 9.79 Å². The van der Waals surface area contributed by atoms with E-state index in [9.17, 15) is 9.59 Å². The van der Waals surface area contributed by atoms with Crippen LogP contribution in [0.2, 0.25) is 0 Å². The van der Waals surface area contributed by atoms with Gasteiger partial charge in [0.25, 0.3) is 0 Å². The van der Waals surface area contributed by atoms with E-state index < -0.39 is 6.03 Å². The predicted octanol–water partition coefficient (Wildman–Crippen LogP) is 0.974. The predicted molar refractivity (Wildman–Crippen MR) is 104 cm³/mol. The van der Waals surface area contributed by atoms with Gasteiger partial charge in [-0.1, -0.05) is 0 Å². The molecule has 2 amide bonds. The van der Waals surface area contributed by atoms with Crippen molar-refractivity contribution < 1.29 is 19.8 Å². The van der Waals surface area contributed by atoms with Crippen LogP contribution in [0.1, 0.15) is 6.92 Å². The van der Waals surface area contributed by atoms with Gasteiger partial charge in [-0.15, -0.1) is 0 Å². The van der Waals surface area contributed by atoms with Crippen LogP contribution in [-0.4, -0.2) is 66.0 Å². The summed E-state index contributed by atoms with van der Waals surface area (Å²) in [4.78, 5) is 30.9. The van der Waals surface area contributed by atoms with Crippen LogP contribution in [-0.2, 0) is 4.79 Å². The minimum absolute atomic E-state index is 0.0109. The fourth-order valence-electron chi connectivity index (χ4n) is 2.65. The van der Waals surface area contributed by atoms with Crippen LogP contribution in [0.25, 0.3) is 0 Å². The topological polar surface area (TPSA) is 119 Å². The molecule has 1 aliphatic carbocycles. The van der Waals surface area contributed by atoms with E-state index in [1.165, 1.54) is 13.1 Å². The number of aliphatic imine (C=N–C) groups is 1. The van der Waals surface area contributed by atoms with Crippen molar-refractivity contribution in [2.24, 2.45) is 10.7 Å². The van der Waals surface area contributed by atoms with Crippen molar-refractivity contribution in [1.29, 1.82) is 0 Å². The largest absolute Gasteiger partial charge is 0.395 e. The smallest absolute Gasteiger partial charge is 0.319 e. The standard InChI is InChI=1S/C19H24N4O4/c1-13-11-18(26)17(22(2)19(20)27)12-16(13)21-14-3-5-15(6-4-14)23(7-9-24)8-10-25/h3-6,11-12,24-25H,7-10H2,1-2H3,(H2,20,27). The van der Waals surface area contributed by atoms with Crippen LogP contribution < -0.4 is 10.6 Å². The van der Waals surface area contributed by atoms with Gasteiger partial charge >= 0.3 is 6.03 Å². The molecule has 0 aromatic heterocycles. The van der Waals surface area contributed by atoms with Crippen molar-refractivity contribution in [3.05, 3.63) is 47.7 Å². The summed E-state index contributed by atoms with van der Waals surface area (Å²) in [5.41, 5.74) is 8.19. The molecule has 8 heteroatoms. The molecule has 0 fully saturated rings. The summed E-state index contributed by atoms with van der Waals surface area (Å²) in [6.07, 6.45) is 2.96. The van der Waals surface area contributed by atoms with E-state index in [2.05, 4.69) is 4.99 Å². The van der Waals surface area contributed by atoms with Gasteiger partial charge in [0.15, 0.2) is 0 Å². The van der Waals surface area contributed by atoms with E-state index in [-0.39, 0.29) is 24.7 Å². The van der Waals surface area contributed by atoms with E-state index >= 15 is 0 Å². The first-order chi connectivity index (χ1) is 12.9. The minimum atomic E-state index is -0.723. The number of allylic oxidation sites excluding steroid dienone is 3. The first kappa shape index (κ1) is 20.3. The average Bonchev–Trinajstić information content (AvgIpc) is 2.64. The quantitative estimate of drug-likeness (QED) is 0.616. The minimum Gasteiger partial charge on any atom is -0.395 e. The van der Waals surface area contributed by atoms with Gasteiger partial charge in [0.2, 0.25) is 5.78 Å². The molecule has 0 heterocycles. The Kier molecular flexibility index (Phi) is 6.86. The molecule has 2 rings (SSSR count). The van der Waals surface area contributed by atoms with Crippen molar-refractivity contribution in [1.82, 2.24) is 4.90 Å².